The van der Waals surface area contributed by atoms with Gasteiger partial charge in [-0.15, -0.1) is 0 Å². The van der Waals surface area contributed by atoms with Crippen LogP contribution in [0.1, 0.15) is 36.0 Å². The molecule has 0 unspecified atom stereocenters. The Hall–Kier alpha value is -1.62. The van der Waals surface area contributed by atoms with Gasteiger partial charge in [-0.1, -0.05) is 18.0 Å². The second kappa shape index (κ2) is 8.53. The molecule has 0 heterocycles. The van der Waals surface area contributed by atoms with Crippen LogP contribution in [0.2, 0.25) is 5.02 Å². The molecule has 0 aliphatic rings. The minimum atomic E-state index is -0.550. The summed E-state index contributed by atoms with van der Waals surface area (Å²) in [5, 5.41) is 2.64. The van der Waals surface area contributed by atoms with Gasteiger partial charge in [0.1, 0.15) is 5.82 Å². The summed E-state index contributed by atoms with van der Waals surface area (Å²) in [5.74, 6) is -1.07. The molecule has 1 aromatic carbocycles. The van der Waals surface area contributed by atoms with E-state index < -0.39 is 5.82 Å². The number of hydrogen-bond acceptors (Lipinski definition) is 3. The largest absolute Gasteiger partial charge is 0.469 e. The highest BCUT2D eigenvalue weighted by Gasteiger charge is 2.08. The lowest BCUT2D eigenvalue weighted by Gasteiger charge is -2.06. The Morgan fingerprint density at radius 2 is 2.05 bits per heavy atom. The van der Waals surface area contributed by atoms with Gasteiger partial charge in [-0.05, 0) is 31.0 Å². The summed E-state index contributed by atoms with van der Waals surface area (Å²) in [6.45, 7) is 0.495. The third-order valence-corrected chi connectivity index (χ3v) is 3.04. The first-order chi connectivity index (χ1) is 9.54. The first-order valence-electron chi connectivity index (χ1n) is 6.34. The van der Waals surface area contributed by atoms with Crippen molar-refractivity contribution in [3.8, 4) is 0 Å². The fourth-order valence-electron chi connectivity index (χ4n) is 1.61. The van der Waals surface area contributed by atoms with Crippen LogP contribution in [0, 0.1) is 5.82 Å². The average molecular weight is 302 g/mol. The van der Waals surface area contributed by atoms with Gasteiger partial charge in [0, 0.05) is 18.5 Å². The first kappa shape index (κ1) is 16.4. The van der Waals surface area contributed by atoms with E-state index in [1.165, 1.54) is 19.2 Å². The van der Waals surface area contributed by atoms with E-state index in [1.807, 2.05) is 0 Å². The van der Waals surface area contributed by atoms with Gasteiger partial charge in [-0.25, -0.2) is 4.39 Å². The zero-order chi connectivity index (χ0) is 15.0. The third kappa shape index (κ3) is 5.57. The Labute approximate surface area is 122 Å². The van der Waals surface area contributed by atoms with E-state index >= 15 is 0 Å². The first-order valence-corrected chi connectivity index (χ1v) is 6.72. The topological polar surface area (TPSA) is 55.4 Å². The zero-order valence-electron chi connectivity index (χ0n) is 11.2. The monoisotopic (exact) mass is 301 g/mol. The van der Waals surface area contributed by atoms with E-state index in [1.54, 1.807) is 0 Å². The van der Waals surface area contributed by atoms with Crippen LogP contribution in [0.25, 0.3) is 0 Å². The lowest BCUT2D eigenvalue weighted by molar-refractivity contribution is -0.140. The predicted octanol–water partition coefficient (Wildman–Crippen LogP) is 2.94. The Morgan fingerprint density at radius 1 is 1.30 bits per heavy atom. The van der Waals surface area contributed by atoms with Gasteiger partial charge in [-0.3, -0.25) is 9.59 Å². The Kier molecular flexibility index (Phi) is 7.01. The number of esters is 1. The summed E-state index contributed by atoms with van der Waals surface area (Å²) in [4.78, 5) is 22.6. The van der Waals surface area contributed by atoms with Gasteiger partial charge >= 0.3 is 5.97 Å². The lowest BCUT2D eigenvalue weighted by Crippen LogP contribution is -2.24. The molecule has 0 bridgehead atoms. The summed E-state index contributed by atoms with van der Waals surface area (Å²) < 4.78 is 17.5. The number of halogens is 2. The number of ether oxygens (including phenoxy) is 1. The molecule has 0 fully saturated rings. The molecule has 0 aliphatic heterocycles. The predicted molar refractivity (Wildman–Crippen MR) is 74.2 cm³/mol. The summed E-state index contributed by atoms with van der Waals surface area (Å²) in [5.41, 5.74) is 0.325. The molecule has 6 heteroatoms. The van der Waals surface area contributed by atoms with Crippen LogP contribution in [0.5, 0.6) is 0 Å². The van der Waals surface area contributed by atoms with E-state index in [9.17, 15) is 14.0 Å². The van der Waals surface area contributed by atoms with E-state index in [4.69, 9.17) is 11.6 Å². The second-order valence-electron chi connectivity index (χ2n) is 4.27. The third-order valence-electron chi connectivity index (χ3n) is 2.75. The molecule has 4 nitrogen and oxygen atoms in total. The van der Waals surface area contributed by atoms with Crippen molar-refractivity contribution >= 4 is 23.5 Å². The summed E-state index contributed by atoms with van der Waals surface area (Å²) in [7, 11) is 1.36. The van der Waals surface area contributed by atoms with Crippen LogP contribution in [0.4, 0.5) is 4.39 Å². The van der Waals surface area contributed by atoms with Gasteiger partial charge in [0.2, 0.25) is 0 Å². The standard InChI is InChI=1S/C14H17ClFNO3/c1-20-13(18)5-3-2-4-8-17-14(19)10-6-7-12(16)11(15)9-10/h6-7,9H,2-5,8H2,1H3,(H,17,19). The summed E-state index contributed by atoms with van der Waals surface area (Å²) >= 11 is 5.61. The van der Waals surface area contributed by atoms with Crippen molar-refractivity contribution in [3.05, 3.63) is 34.6 Å². The number of carbonyl (C=O) groups excluding carboxylic acids is 2. The van der Waals surface area contributed by atoms with Gasteiger partial charge < -0.3 is 10.1 Å². The molecule has 1 aromatic rings. The lowest BCUT2D eigenvalue weighted by atomic mass is 10.2. The number of rotatable bonds is 7. The van der Waals surface area contributed by atoms with Crippen molar-refractivity contribution in [1.29, 1.82) is 0 Å². The molecule has 0 saturated carbocycles. The minimum absolute atomic E-state index is 0.0734. The van der Waals surface area contributed by atoms with Crippen molar-refractivity contribution in [2.24, 2.45) is 0 Å². The van der Waals surface area contributed by atoms with Gasteiger partial charge in [0.05, 0.1) is 12.1 Å². The summed E-state index contributed by atoms with van der Waals surface area (Å²) in [6.07, 6.45) is 2.69. The number of methoxy groups -OCH3 is 1. The number of benzene rings is 1. The van der Waals surface area contributed by atoms with E-state index in [-0.39, 0.29) is 16.9 Å². The number of carbonyl (C=O) groups is 2. The maximum atomic E-state index is 12.9. The van der Waals surface area contributed by atoms with E-state index in [0.29, 0.717) is 18.5 Å². The normalized spacial score (nSPS) is 10.2. The quantitative estimate of drug-likeness (QED) is 0.622. The van der Waals surface area contributed by atoms with Crippen LogP contribution < -0.4 is 5.32 Å². The fourth-order valence-corrected chi connectivity index (χ4v) is 1.80. The molecule has 0 saturated heterocycles. The summed E-state index contributed by atoms with van der Waals surface area (Å²) in [6, 6.07) is 3.84. The maximum Gasteiger partial charge on any atom is 0.305 e. The fraction of sp³-hybridized carbons (Fsp3) is 0.429. The number of unbranched alkanes of at least 4 members (excludes halogenated alkanes) is 2. The molecular weight excluding hydrogens is 285 g/mol. The Bertz CT molecular complexity index is 479. The molecule has 1 rings (SSSR count). The molecule has 0 atom stereocenters. The second-order valence-corrected chi connectivity index (χ2v) is 4.68. The van der Waals surface area contributed by atoms with Crippen molar-refractivity contribution in [2.75, 3.05) is 13.7 Å². The highest BCUT2D eigenvalue weighted by molar-refractivity contribution is 6.31. The molecule has 0 radical (unpaired) electrons. The molecule has 1 amide bonds. The van der Waals surface area contributed by atoms with E-state index in [0.717, 1.165) is 25.3 Å². The highest BCUT2D eigenvalue weighted by Crippen LogP contribution is 2.15. The highest BCUT2D eigenvalue weighted by atomic mass is 35.5. The van der Waals surface area contributed by atoms with Gasteiger partial charge in [-0.2, -0.15) is 0 Å². The van der Waals surface area contributed by atoms with Crippen LogP contribution in [0.3, 0.4) is 0 Å². The SMILES string of the molecule is COC(=O)CCCCCNC(=O)c1ccc(F)c(Cl)c1. The van der Waals surface area contributed by atoms with Crippen LogP contribution >= 0.6 is 11.6 Å². The van der Waals surface area contributed by atoms with Gasteiger partial charge in [0.25, 0.3) is 5.91 Å². The van der Waals surface area contributed by atoms with Crippen molar-refractivity contribution in [3.63, 3.8) is 0 Å². The number of hydrogen-bond donors (Lipinski definition) is 1. The number of amides is 1. The maximum absolute atomic E-state index is 12.9. The van der Waals surface area contributed by atoms with Crippen LogP contribution in [-0.4, -0.2) is 25.5 Å². The number of nitrogens with one attached hydrogen (secondary N) is 1. The Balaban J connectivity index is 2.23. The minimum Gasteiger partial charge on any atom is -0.469 e. The molecule has 1 N–H and O–H groups in total. The molecule has 0 aliphatic carbocycles. The molecule has 110 valence electrons. The van der Waals surface area contributed by atoms with Crippen molar-refractivity contribution in [1.82, 2.24) is 5.32 Å². The molecular formula is C14H17ClFNO3. The molecule has 0 aromatic heterocycles. The van der Waals surface area contributed by atoms with Crippen molar-refractivity contribution < 1.29 is 18.7 Å². The van der Waals surface area contributed by atoms with Crippen molar-refractivity contribution in [2.45, 2.75) is 25.7 Å². The molecule has 0 spiro atoms. The van der Waals surface area contributed by atoms with Crippen LogP contribution in [0.15, 0.2) is 18.2 Å². The average Bonchev–Trinajstić information content (AvgIpc) is 2.44. The van der Waals surface area contributed by atoms with Crippen LogP contribution in [-0.2, 0) is 9.53 Å². The van der Waals surface area contributed by atoms with E-state index in [2.05, 4.69) is 10.1 Å². The zero-order valence-corrected chi connectivity index (χ0v) is 12.0. The van der Waals surface area contributed by atoms with Gasteiger partial charge in [0.15, 0.2) is 0 Å². The molecule has 20 heavy (non-hydrogen) atoms. The Morgan fingerprint density at radius 3 is 2.70 bits per heavy atom. The smallest absolute Gasteiger partial charge is 0.305 e.